The number of hydrogen-bond acceptors (Lipinski definition) is 6. The fourth-order valence-electron chi connectivity index (χ4n) is 2.32. The van der Waals surface area contributed by atoms with Crippen LogP contribution >= 0.6 is 0 Å². The van der Waals surface area contributed by atoms with E-state index in [9.17, 15) is 14.4 Å². The van der Waals surface area contributed by atoms with Gasteiger partial charge in [-0.25, -0.2) is 9.59 Å². The highest BCUT2D eigenvalue weighted by atomic mass is 16.5. The van der Waals surface area contributed by atoms with Gasteiger partial charge in [-0.1, -0.05) is 18.2 Å². The Morgan fingerprint density at radius 2 is 2.04 bits per heavy atom. The van der Waals surface area contributed by atoms with E-state index in [4.69, 9.17) is 9.15 Å². The summed E-state index contributed by atoms with van der Waals surface area (Å²) in [6.07, 6.45) is 1.06. The van der Waals surface area contributed by atoms with Crippen LogP contribution in [-0.4, -0.2) is 33.8 Å². The molecule has 1 aromatic heterocycles. The summed E-state index contributed by atoms with van der Waals surface area (Å²) in [4.78, 5) is 35.8. The Labute approximate surface area is 137 Å². The molecule has 8 nitrogen and oxygen atoms in total. The summed E-state index contributed by atoms with van der Waals surface area (Å²) in [5, 5.41) is 6.63. The van der Waals surface area contributed by atoms with Gasteiger partial charge in [0.2, 0.25) is 11.8 Å². The van der Waals surface area contributed by atoms with Crippen LogP contribution < -0.4 is 11.1 Å². The molecule has 2 aromatic rings. The molecule has 8 heteroatoms. The van der Waals surface area contributed by atoms with Crippen LogP contribution in [0.1, 0.15) is 19.8 Å². The fraction of sp³-hybridized carbons (Fsp3) is 0.375. The summed E-state index contributed by atoms with van der Waals surface area (Å²) in [5.41, 5.74) is -0.318. The molecule has 0 bridgehead atoms. The average molecular weight is 331 g/mol. The maximum Gasteiger partial charge on any atom is 0.437 e. The van der Waals surface area contributed by atoms with Gasteiger partial charge >= 0.3 is 11.7 Å². The SMILES string of the molecule is CCOC(=O)C1(NC(=O)Cn2nc(-c3ccccc3)oc2=O)CC1. The topological polar surface area (TPSA) is 103 Å². The van der Waals surface area contributed by atoms with E-state index >= 15 is 0 Å². The van der Waals surface area contributed by atoms with Crippen molar-refractivity contribution < 1.29 is 18.7 Å². The second kappa shape index (κ2) is 6.31. The highest BCUT2D eigenvalue weighted by molar-refractivity contribution is 5.90. The predicted molar refractivity (Wildman–Crippen MR) is 82.9 cm³/mol. The molecular weight excluding hydrogens is 314 g/mol. The smallest absolute Gasteiger partial charge is 0.437 e. The molecule has 0 unspecified atom stereocenters. The lowest BCUT2D eigenvalue weighted by Crippen LogP contribution is -2.46. The van der Waals surface area contributed by atoms with Crippen molar-refractivity contribution in [2.45, 2.75) is 31.8 Å². The number of benzene rings is 1. The van der Waals surface area contributed by atoms with Gasteiger partial charge in [-0.05, 0) is 31.9 Å². The van der Waals surface area contributed by atoms with Crippen LogP contribution in [0.3, 0.4) is 0 Å². The third-order valence-corrected chi connectivity index (χ3v) is 3.72. The maximum atomic E-state index is 12.1. The predicted octanol–water partition coefficient (Wildman–Crippen LogP) is 0.715. The number of carbonyl (C=O) groups is 2. The highest BCUT2D eigenvalue weighted by Gasteiger charge is 2.52. The van der Waals surface area contributed by atoms with Crippen LogP contribution in [0.2, 0.25) is 0 Å². The van der Waals surface area contributed by atoms with Gasteiger partial charge in [0.05, 0.1) is 6.61 Å². The van der Waals surface area contributed by atoms with Crippen molar-refractivity contribution in [1.29, 1.82) is 0 Å². The molecule has 1 aromatic carbocycles. The molecule has 0 saturated heterocycles. The Morgan fingerprint density at radius 3 is 2.67 bits per heavy atom. The largest absolute Gasteiger partial charge is 0.464 e. The fourth-order valence-corrected chi connectivity index (χ4v) is 2.32. The lowest BCUT2D eigenvalue weighted by Gasteiger charge is -2.15. The van der Waals surface area contributed by atoms with Gasteiger partial charge in [0.15, 0.2) is 0 Å². The first-order valence-corrected chi connectivity index (χ1v) is 7.66. The van der Waals surface area contributed by atoms with Gasteiger partial charge in [0, 0.05) is 5.56 Å². The van der Waals surface area contributed by atoms with Gasteiger partial charge in [-0.2, -0.15) is 4.68 Å². The Kier molecular flexibility index (Phi) is 4.20. The van der Waals surface area contributed by atoms with Crippen LogP contribution in [0.15, 0.2) is 39.5 Å². The van der Waals surface area contributed by atoms with Crippen molar-refractivity contribution in [2.24, 2.45) is 0 Å². The minimum atomic E-state index is -0.956. The number of rotatable bonds is 6. The van der Waals surface area contributed by atoms with Crippen LogP contribution in [0.5, 0.6) is 0 Å². The minimum absolute atomic E-state index is 0.139. The number of ether oxygens (including phenoxy) is 1. The van der Waals surface area contributed by atoms with Crippen LogP contribution in [0.4, 0.5) is 0 Å². The van der Waals surface area contributed by atoms with E-state index in [0.717, 1.165) is 4.68 Å². The normalized spacial score (nSPS) is 14.9. The van der Waals surface area contributed by atoms with Crippen molar-refractivity contribution in [2.75, 3.05) is 6.61 Å². The zero-order chi connectivity index (χ0) is 17.2. The first-order chi connectivity index (χ1) is 11.5. The van der Waals surface area contributed by atoms with E-state index in [2.05, 4.69) is 10.4 Å². The summed E-state index contributed by atoms with van der Waals surface area (Å²) >= 11 is 0. The standard InChI is InChI=1S/C16H17N3O5/c1-2-23-14(21)16(8-9-16)17-12(20)10-19-15(22)24-13(18-19)11-6-4-3-5-7-11/h3-7H,2,8-10H2,1H3,(H,17,20). The molecule has 0 radical (unpaired) electrons. The summed E-state index contributed by atoms with van der Waals surface area (Å²) in [5.74, 6) is -1.53. The number of nitrogens with one attached hydrogen (secondary N) is 1. The molecule has 126 valence electrons. The number of amides is 1. The number of nitrogens with zero attached hydrogens (tertiary/aromatic N) is 2. The molecule has 1 fully saturated rings. The Balaban J connectivity index is 1.68. The maximum absolute atomic E-state index is 12.1. The minimum Gasteiger partial charge on any atom is -0.464 e. The van der Waals surface area contributed by atoms with Gasteiger partial charge in [0.1, 0.15) is 12.1 Å². The van der Waals surface area contributed by atoms with Crippen molar-refractivity contribution in [3.63, 3.8) is 0 Å². The molecule has 1 heterocycles. The third kappa shape index (κ3) is 3.22. The van der Waals surface area contributed by atoms with E-state index in [0.29, 0.717) is 18.4 Å². The number of hydrogen-bond donors (Lipinski definition) is 1. The Hall–Kier alpha value is -2.90. The quantitative estimate of drug-likeness (QED) is 0.782. The first-order valence-electron chi connectivity index (χ1n) is 7.66. The first kappa shape index (κ1) is 16.0. The van der Waals surface area contributed by atoms with E-state index in [-0.39, 0.29) is 19.0 Å². The Bertz CT molecular complexity index is 805. The summed E-state index contributed by atoms with van der Waals surface area (Å²) in [6, 6.07) is 8.90. The highest BCUT2D eigenvalue weighted by Crippen LogP contribution is 2.36. The number of carbonyl (C=O) groups excluding carboxylic acids is 2. The summed E-state index contributed by atoms with van der Waals surface area (Å²) in [7, 11) is 0. The second-order valence-electron chi connectivity index (χ2n) is 5.55. The van der Waals surface area contributed by atoms with Gasteiger partial charge in [0.25, 0.3) is 0 Å². The average Bonchev–Trinajstić information content (AvgIpc) is 3.26. The molecule has 1 aliphatic carbocycles. The van der Waals surface area contributed by atoms with Crippen LogP contribution in [0.25, 0.3) is 11.5 Å². The number of aromatic nitrogens is 2. The third-order valence-electron chi connectivity index (χ3n) is 3.72. The van der Waals surface area contributed by atoms with Crippen molar-refractivity contribution in [3.8, 4) is 11.5 Å². The van der Waals surface area contributed by atoms with Gasteiger partial charge in [-0.3, -0.25) is 4.79 Å². The lowest BCUT2D eigenvalue weighted by atomic mass is 10.2. The summed E-state index contributed by atoms with van der Waals surface area (Å²) in [6.45, 7) is 1.63. The second-order valence-corrected chi connectivity index (χ2v) is 5.55. The molecule has 1 amide bonds. The van der Waals surface area contributed by atoms with E-state index in [1.165, 1.54) is 0 Å². The molecule has 0 spiro atoms. The van der Waals surface area contributed by atoms with E-state index in [1.54, 1.807) is 31.2 Å². The Morgan fingerprint density at radius 1 is 1.33 bits per heavy atom. The van der Waals surface area contributed by atoms with Gasteiger partial charge < -0.3 is 14.5 Å². The zero-order valence-electron chi connectivity index (χ0n) is 13.2. The van der Waals surface area contributed by atoms with Crippen LogP contribution in [-0.2, 0) is 20.9 Å². The van der Waals surface area contributed by atoms with Crippen molar-refractivity contribution in [3.05, 3.63) is 40.9 Å². The van der Waals surface area contributed by atoms with Crippen LogP contribution in [0, 0.1) is 0 Å². The molecule has 0 aliphatic heterocycles. The monoisotopic (exact) mass is 331 g/mol. The molecule has 1 N–H and O–H groups in total. The molecule has 1 saturated carbocycles. The molecular formula is C16H17N3O5. The zero-order valence-corrected chi connectivity index (χ0v) is 13.2. The number of esters is 1. The van der Waals surface area contributed by atoms with Gasteiger partial charge in [-0.15, -0.1) is 5.10 Å². The van der Waals surface area contributed by atoms with E-state index in [1.807, 2.05) is 6.07 Å². The van der Waals surface area contributed by atoms with Crippen molar-refractivity contribution in [1.82, 2.24) is 15.1 Å². The lowest BCUT2D eigenvalue weighted by molar-refractivity contribution is -0.148. The summed E-state index contributed by atoms with van der Waals surface area (Å²) < 4.78 is 10.9. The molecule has 0 atom stereocenters. The molecule has 1 aliphatic rings. The molecule has 3 rings (SSSR count). The molecule has 24 heavy (non-hydrogen) atoms. The van der Waals surface area contributed by atoms with E-state index < -0.39 is 23.2 Å². The van der Waals surface area contributed by atoms with Crippen molar-refractivity contribution >= 4 is 11.9 Å².